The number of rotatable bonds is 7. The first-order chi connectivity index (χ1) is 17.4. The lowest BCUT2D eigenvalue weighted by molar-refractivity contribution is -0.132. The Balaban J connectivity index is 1.34. The lowest BCUT2D eigenvalue weighted by Gasteiger charge is -2.36. The van der Waals surface area contributed by atoms with Crippen LogP contribution in [0.1, 0.15) is 24.2 Å². The number of nitrogens with zero attached hydrogens (tertiary/aromatic N) is 5. The van der Waals surface area contributed by atoms with E-state index in [1.54, 1.807) is 18.1 Å². The van der Waals surface area contributed by atoms with Crippen molar-refractivity contribution in [2.75, 3.05) is 44.7 Å². The number of aromatic nitrogens is 2. The van der Waals surface area contributed by atoms with Crippen LogP contribution in [0, 0.1) is 5.82 Å². The molecule has 1 aromatic heterocycles. The summed E-state index contributed by atoms with van der Waals surface area (Å²) in [6.45, 7) is 5.75. The largest absolute Gasteiger partial charge is 0.497 e. The van der Waals surface area contributed by atoms with E-state index in [1.807, 2.05) is 50.2 Å². The van der Waals surface area contributed by atoms with Crippen LogP contribution in [0.5, 0.6) is 5.75 Å². The molecular weight excluding hydrogens is 461 g/mol. The highest BCUT2D eigenvalue weighted by molar-refractivity contribution is 5.97. The molecule has 8 nitrogen and oxygen atoms in total. The predicted molar refractivity (Wildman–Crippen MR) is 135 cm³/mol. The smallest absolute Gasteiger partial charge is 0.257 e. The molecule has 0 bridgehead atoms. The Labute approximate surface area is 210 Å². The first kappa shape index (κ1) is 25.1. The molecule has 1 aliphatic heterocycles. The Hall–Kier alpha value is -4.01. The van der Waals surface area contributed by atoms with Crippen molar-refractivity contribution in [1.82, 2.24) is 20.0 Å². The summed E-state index contributed by atoms with van der Waals surface area (Å²) in [6.07, 6.45) is 0. The van der Waals surface area contributed by atoms with E-state index >= 15 is 0 Å². The summed E-state index contributed by atoms with van der Waals surface area (Å²) >= 11 is 0. The van der Waals surface area contributed by atoms with Crippen molar-refractivity contribution in [1.29, 1.82) is 0 Å². The van der Waals surface area contributed by atoms with Gasteiger partial charge in [-0.2, -0.15) is 0 Å². The summed E-state index contributed by atoms with van der Waals surface area (Å²) in [5.74, 6) is 0.298. The molecule has 3 aromatic rings. The number of hydrogen-bond donors (Lipinski definition) is 0. The van der Waals surface area contributed by atoms with Crippen LogP contribution in [-0.4, -0.2) is 77.7 Å². The van der Waals surface area contributed by atoms with E-state index in [2.05, 4.69) is 15.1 Å². The van der Waals surface area contributed by atoms with Gasteiger partial charge in [0.2, 0.25) is 5.91 Å². The summed E-state index contributed by atoms with van der Waals surface area (Å²) < 4.78 is 19.3. The number of methoxy groups -OCH3 is 1. The fraction of sp³-hybridized carbons (Fsp3) is 0.333. The Kier molecular flexibility index (Phi) is 7.77. The van der Waals surface area contributed by atoms with Crippen molar-refractivity contribution in [3.05, 3.63) is 72.0 Å². The quantitative estimate of drug-likeness (QED) is 0.504. The van der Waals surface area contributed by atoms with Crippen LogP contribution in [-0.2, 0) is 4.79 Å². The molecule has 2 aromatic carbocycles. The van der Waals surface area contributed by atoms with Crippen LogP contribution in [0.4, 0.5) is 10.2 Å². The van der Waals surface area contributed by atoms with Gasteiger partial charge in [0, 0.05) is 37.8 Å². The molecule has 0 aliphatic carbocycles. The highest BCUT2D eigenvalue weighted by Gasteiger charge is 2.28. The third-order valence-corrected chi connectivity index (χ3v) is 6.29. The van der Waals surface area contributed by atoms with E-state index < -0.39 is 11.7 Å². The van der Waals surface area contributed by atoms with Crippen LogP contribution >= 0.6 is 0 Å². The first-order valence-corrected chi connectivity index (χ1v) is 11.9. The van der Waals surface area contributed by atoms with E-state index in [0.717, 1.165) is 22.8 Å². The molecule has 0 N–H and O–H groups in total. The molecule has 0 unspecified atom stereocenters. The molecular formula is C27H30FN5O3. The van der Waals surface area contributed by atoms with E-state index in [-0.39, 0.29) is 24.1 Å². The number of halogens is 1. The lowest BCUT2D eigenvalue weighted by atomic mass is 10.1. The maximum Gasteiger partial charge on any atom is 0.257 e. The van der Waals surface area contributed by atoms with Gasteiger partial charge in [-0.25, -0.2) is 4.39 Å². The van der Waals surface area contributed by atoms with Gasteiger partial charge in [0.25, 0.3) is 5.91 Å². The molecule has 1 fully saturated rings. The Morgan fingerprint density at radius 3 is 2.25 bits per heavy atom. The number of amides is 2. The minimum absolute atomic E-state index is 0.0273. The monoisotopic (exact) mass is 491 g/mol. The molecule has 0 spiro atoms. The number of benzene rings is 2. The molecule has 1 saturated heterocycles. The molecule has 0 radical (unpaired) electrons. The van der Waals surface area contributed by atoms with Crippen molar-refractivity contribution in [2.24, 2.45) is 0 Å². The number of carbonyl (C=O) groups is 2. The van der Waals surface area contributed by atoms with Gasteiger partial charge in [0.1, 0.15) is 18.1 Å². The number of piperazine rings is 1. The summed E-state index contributed by atoms with van der Waals surface area (Å²) in [7, 11) is 1.63. The van der Waals surface area contributed by atoms with Crippen molar-refractivity contribution in [3.8, 4) is 17.0 Å². The molecule has 4 rings (SSSR count). The van der Waals surface area contributed by atoms with Crippen molar-refractivity contribution in [2.45, 2.75) is 19.9 Å². The highest BCUT2D eigenvalue weighted by atomic mass is 19.1. The fourth-order valence-corrected chi connectivity index (χ4v) is 4.12. The number of anilines is 1. The molecule has 0 atom stereocenters. The topological polar surface area (TPSA) is 78.9 Å². The van der Waals surface area contributed by atoms with Crippen LogP contribution < -0.4 is 9.64 Å². The third-order valence-electron chi connectivity index (χ3n) is 6.29. The third kappa shape index (κ3) is 5.62. The van der Waals surface area contributed by atoms with Crippen molar-refractivity contribution >= 4 is 17.6 Å². The van der Waals surface area contributed by atoms with E-state index in [1.165, 1.54) is 23.1 Å². The standard InChI is InChI=1S/C27H30FN5O3/c1-19(2)33(27(35)22-6-4-5-7-23(22)28)18-26(34)32-16-14-31(15-17-32)25-13-12-24(29-30-25)20-8-10-21(36-3)11-9-20/h4-13,19H,14-18H2,1-3H3. The minimum atomic E-state index is -0.590. The van der Waals surface area contributed by atoms with Crippen LogP contribution in [0.2, 0.25) is 0 Å². The average Bonchev–Trinajstić information content (AvgIpc) is 2.91. The molecule has 0 saturated carbocycles. The zero-order chi connectivity index (χ0) is 25.7. The van der Waals surface area contributed by atoms with Gasteiger partial charge < -0.3 is 19.4 Å². The fourth-order valence-electron chi connectivity index (χ4n) is 4.12. The van der Waals surface area contributed by atoms with Gasteiger partial charge >= 0.3 is 0 Å². The summed E-state index contributed by atoms with van der Waals surface area (Å²) in [4.78, 5) is 31.1. The van der Waals surface area contributed by atoms with Gasteiger partial charge in [0.15, 0.2) is 5.82 Å². The SMILES string of the molecule is COc1ccc(-c2ccc(N3CCN(C(=O)CN(C(=O)c4ccccc4F)C(C)C)CC3)nn2)cc1. The molecule has 2 heterocycles. The average molecular weight is 492 g/mol. The van der Waals surface area contributed by atoms with Crippen LogP contribution in [0.3, 0.4) is 0 Å². The Morgan fingerprint density at radius 2 is 1.67 bits per heavy atom. The van der Waals surface area contributed by atoms with Crippen molar-refractivity contribution in [3.63, 3.8) is 0 Å². The molecule has 2 amide bonds. The lowest BCUT2D eigenvalue weighted by Crippen LogP contribution is -2.53. The molecule has 36 heavy (non-hydrogen) atoms. The summed E-state index contributed by atoms with van der Waals surface area (Å²) in [5.41, 5.74) is 1.69. The van der Waals surface area contributed by atoms with Gasteiger partial charge in [0.05, 0.1) is 18.4 Å². The highest BCUT2D eigenvalue weighted by Crippen LogP contribution is 2.22. The second-order valence-corrected chi connectivity index (χ2v) is 8.88. The summed E-state index contributed by atoms with van der Waals surface area (Å²) in [6, 6.07) is 17.1. The van der Waals surface area contributed by atoms with E-state index in [0.29, 0.717) is 26.2 Å². The second-order valence-electron chi connectivity index (χ2n) is 8.88. The molecule has 9 heteroatoms. The van der Waals surface area contributed by atoms with E-state index in [9.17, 15) is 14.0 Å². The zero-order valence-electron chi connectivity index (χ0n) is 20.7. The Bertz CT molecular complexity index is 1190. The normalized spacial score (nSPS) is 13.6. The van der Waals surface area contributed by atoms with Crippen LogP contribution in [0.15, 0.2) is 60.7 Å². The van der Waals surface area contributed by atoms with E-state index in [4.69, 9.17) is 4.74 Å². The number of carbonyl (C=O) groups excluding carboxylic acids is 2. The first-order valence-electron chi connectivity index (χ1n) is 11.9. The van der Waals surface area contributed by atoms with Gasteiger partial charge in [-0.15, -0.1) is 10.2 Å². The number of ether oxygens (including phenoxy) is 1. The maximum absolute atomic E-state index is 14.1. The molecule has 1 aliphatic rings. The summed E-state index contributed by atoms with van der Waals surface area (Å²) in [5, 5.41) is 8.74. The van der Waals surface area contributed by atoms with Gasteiger partial charge in [-0.1, -0.05) is 12.1 Å². The van der Waals surface area contributed by atoms with Crippen LogP contribution in [0.25, 0.3) is 11.3 Å². The van der Waals surface area contributed by atoms with Crippen molar-refractivity contribution < 1.29 is 18.7 Å². The Morgan fingerprint density at radius 1 is 0.972 bits per heavy atom. The zero-order valence-corrected chi connectivity index (χ0v) is 20.7. The van der Waals surface area contributed by atoms with Gasteiger partial charge in [-0.3, -0.25) is 9.59 Å². The predicted octanol–water partition coefficient (Wildman–Crippen LogP) is 3.49. The molecule has 188 valence electrons. The minimum Gasteiger partial charge on any atom is -0.497 e. The number of hydrogen-bond acceptors (Lipinski definition) is 6. The van der Waals surface area contributed by atoms with Gasteiger partial charge in [-0.05, 0) is 62.4 Å². The second kappa shape index (κ2) is 11.2. The maximum atomic E-state index is 14.1.